The summed E-state index contributed by atoms with van der Waals surface area (Å²) in [6, 6.07) is 15.1. The number of fused-ring (bicyclic) bond motifs is 1. The van der Waals surface area contributed by atoms with Crippen molar-refractivity contribution in [3.63, 3.8) is 0 Å². The zero-order valence-electron chi connectivity index (χ0n) is 16.5. The molecule has 0 radical (unpaired) electrons. The van der Waals surface area contributed by atoms with Crippen LogP contribution in [0, 0.1) is 11.3 Å². The number of nitrogens with zero attached hydrogens (tertiary/aromatic N) is 3. The molecule has 0 aliphatic carbocycles. The van der Waals surface area contributed by atoms with Crippen LogP contribution in [0.3, 0.4) is 0 Å². The first-order valence-corrected chi connectivity index (χ1v) is 10.4. The number of piperazine rings is 1. The van der Waals surface area contributed by atoms with Gasteiger partial charge in [0.05, 0.1) is 12.2 Å². The van der Waals surface area contributed by atoms with Crippen molar-refractivity contribution in [3.05, 3.63) is 42.0 Å². The topological polar surface area (TPSA) is 48.7 Å². The summed E-state index contributed by atoms with van der Waals surface area (Å²) in [6.07, 6.45) is 3.07. The van der Waals surface area contributed by atoms with Gasteiger partial charge in [-0.05, 0) is 29.7 Å². The van der Waals surface area contributed by atoms with Gasteiger partial charge in [0.15, 0.2) is 0 Å². The van der Waals surface area contributed by atoms with E-state index in [2.05, 4.69) is 52.3 Å². The van der Waals surface area contributed by atoms with Gasteiger partial charge in [0.1, 0.15) is 12.4 Å². The van der Waals surface area contributed by atoms with E-state index in [0.29, 0.717) is 13.0 Å². The van der Waals surface area contributed by atoms with E-state index >= 15 is 0 Å². The second kappa shape index (κ2) is 9.38. The predicted molar refractivity (Wildman–Crippen MR) is 110 cm³/mol. The van der Waals surface area contributed by atoms with Crippen LogP contribution in [0.15, 0.2) is 36.4 Å². The Bertz CT molecular complexity index is 818. The summed E-state index contributed by atoms with van der Waals surface area (Å²) in [5, 5.41) is 11.3. The highest BCUT2D eigenvalue weighted by Crippen LogP contribution is 2.30. The molecule has 0 N–H and O–H groups in total. The highest BCUT2D eigenvalue weighted by molar-refractivity contribution is 5.87. The van der Waals surface area contributed by atoms with Gasteiger partial charge >= 0.3 is 0 Å². The van der Waals surface area contributed by atoms with Crippen molar-refractivity contribution in [1.29, 1.82) is 5.26 Å². The fourth-order valence-corrected chi connectivity index (χ4v) is 4.18. The summed E-state index contributed by atoms with van der Waals surface area (Å²) < 4.78 is 12.0. The summed E-state index contributed by atoms with van der Waals surface area (Å²) in [4.78, 5) is 4.89. The number of hydrogen-bond acceptors (Lipinski definition) is 5. The molecule has 1 unspecified atom stereocenters. The van der Waals surface area contributed by atoms with E-state index in [9.17, 15) is 0 Å². The lowest BCUT2D eigenvalue weighted by molar-refractivity contribution is 0.0670. The molecule has 4 rings (SSSR count). The molecular formula is C23H29N3O2. The van der Waals surface area contributed by atoms with Crippen LogP contribution in [-0.4, -0.2) is 61.8 Å². The largest absolute Gasteiger partial charge is 0.491 e. The third-order valence-corrected chi connectivity index (χ3v) is 5.83. The van der Waals surface area contributed by atoms with Gasteiger partial charge in [0.2, 0.25) is 0 Å². The molecule has 2 aromatic carbocycles. The first-order valence-electron chi connectivity index (χ1n) is 10.4. The Kier molecular flexibility index (Phi) is 6.43. The van der Waals surface area contributed by atoms with Crippen LogP contribution >= 0.6 is 0 Å². The van der Waals surface area contributed by atoms with Crippen LogP contribution in [0.2, 0.25) is 0 Å². The third-order valence-electron chi connectivity index (χ3n) is 5.83. The molecular weight excluding hydrogens is 350 g/mol. The fourth-order valence-electron chi connectivity index (χ4n) is 4.18. The highest BCUT2D eigenvalue weighted by Gasteiger charge is 2.21. The van der Waals surface area contributed by atoms with Gasteiger partial charge in [-0.1, -0.05) is 30.3 Å². The molecule has 0 aromatic heterocycles. The quantitative estimate of drug-likeness (QED) is 0.738. The van der Waals surface area contributed by atoms with Crippen molar-refractivity contribution in [1.82, 2.24) is 9.80 Å². The molecule has 28 heavy (non-hydrogen) atoms. The van der Waals surface area contributed by atoms with E-state index in [4.69, 9.17) is 14.7 Å². The van der Waals surface area contributed by atoms with Gasteiger partial charge in [-0.3, -0.25) is 9.80 Å². The lowest BCUT2D eigenvalue weighted by atomic mass is 10.0. The molecule has 2 aliphatic rings. The number of nitriles is 1. The zero-order chi connectivity index (χ0) is 19.2. The Morgan fingerprint density at radius 2 is 1.89 bits per heavy atom. The number of rotatable bonds is 7. The molecule has 0 bridgehead atoms. The molecule has 5 nitrogen and oxygen atoms in total. The monoisotopic (exact) mass is 379 g/mol. The van der Waals surface area contributed by atoms with Crippen molar-refractivity contribution < 1.29 is 9.47 Å². The molecule has 0 spiro atoms. The van der Waals surface area contributed by atoms with Gasteiger partial charge in [-0.15, -0.1) is 0 Å². The molecule has 0 amide bonds. The number of hydrogen-bond donors (Lipinski definition) is 0. The molecule has 2 saturated heterocycles. The second-order valence-corrected chi connectivity index (χ2v) is 7.74. The van der Waals surface area contributed by atoms with Crippen LogP contribution in [0.4, 0.5) is 0 Å². The minimum atomic E-state index is 0.225. The first kappa shape index (κ1) is 19.2. The average molecular weight is 380 g/mol. The van der Waals surface area contributed by atoms with Crippen molar-refractivity contribution in [3.8, 4) is 11.8 Å². The van der Waals surface area contributed by atoms with Crippen molar-refractivity contribution in [2.24, 2.45) is 0 Å². The summed E-state index contributed by atoms with van der Waals surface area (Å²) in [7, 11) is 0. The fraction of sp³-hybridized carbons (Fsp3) is 0.522. The summed E-state index contributed by atoms with van der Waals surface area (Å²) >= 11 is 0. The Balaban J connectivity index is 1.47. The van der Waals surface area contributed by atoms with E-state index in [1.54, 1.807) is 0 Å². The SMILES string of the molecule is N#CCCN1CCN(Cc2c(OCC3CCCO3)ccc3ccccc23)CC1. The Morgan fingerprint density at radius 3 is 2.68 bits per heavy atom. The predicted octanol–water partition coefficient (Wildman–Crippen LogP) is 3.43. The third kappa shape index (κ3) is 4.64. The van der Waals surface area contributed by atoms with Gasteiger partial charge in [-0.25, -0.2) is 0 Å². The maximum atomic E-state index is 8.79. The van der Waals surface area contributed by atoms with E-state index < -0.39 is 0 Å². The molecule has 0 saturated carbocycles. The Labute approximate surface area is 167 Å². The summed E-state index contributed by atoms with van der Waals surface area (Å²) in [5.74, 6) is 0.987. The Hall–Kier alpha value is -2.13. The van der Waals surface area contributed by atoms with Gasteiger partial charge < -0.3 is 9.47 Å². The van der Waals surface area contributed by atoms with Crippen LogP contribution in [0.1, 0.15) is 24.8 Å². The summed E-state index contributed by atoms with van der Waals surface area (Å²) in [5.41, 5.74) is 1.28. The zero-order valence-corrected chi connectivity index (χ0v) is 16.5. The molecule has 2 aromatic rings. The molecule has 5 heteroatoms. The normalized spacial score (nSPS) is 21.0. The smallest absolute Gasteiger partial charge is 0.124 e. The molecule has 2 fully saturated rings. The van der Waals surface area contributed by atoms with Crippen LogP contribution in [-0.2, 0) is 11.3 Å². The van der Waals surface area contributed by atoms with Gasteiger partial charge in [-0.2, -0.15) is 5.26 Å². The molecule has 2 aliphatic heterocycles. The number of ether oxygens (including phenoxy) is 2. The van der Waals surface area contributed by atoms with E-state index in [-0.39, 0.29) is 6.10 Å². The minimum Gasteiger partial charge on any atom is -0.491 e. The Morgan fingerprint density at radius 1 is 1.07 bits per heavy atom. The van der Waals surface area contributed by atoms with Gasteiger partial charge in [0, 0.05) is 57.9 Å². The van der Waals surface area contributed by atoms with Crippen LogP contribution in [0.5, 0.6) is 5.75 Å². The van der Waals surface area contributed by atoms with E-state index in [1.807, 2.05) is 0 Å². The van der Waals surface area contributed by atoms with Crippen LogP contribution < -0.4 is 4.74 Å². The lowest BCUT2D eigenvalue weighted by Crippen LogP contribution is -2.46. The van der Waals surface area contributed by atoms with Crippen molar-refractivity contribution in [2.45, 2.75) is 31.9 Å². The molecule has 1 atom stereocenters. The highest BCUT2D eigenvalue weighted by atomic mass is 16.5. The standard InChI is InChI=1S/C23H29N3O2/c24-10-4-11-25-12-14-26(15-13-25)17-22-21-7-2-1-5-19(21)8-9-23(22)28-18-20-6-3-16-27-20/h1-2,5,7-9,20H,3-4,6,11-18H2. The number of benzene rings is 2. The summed E-state index contributed by atoms with van der Waals surface area (Å²) in [6.45, 7) is 7.38. The lowest BCUT2D eigenvalue weighted by Gasteiger charge is -2.34. The molecule has 148 valence electrons. The minimum absolute atomic E-state index is 0.225. The van der Waals surface area contributed by atoms with Crippen LogP contribution in [0.25, 0.3) is 10.8 Å². The van der Waals surface area contributed by atoms with Gasteiger partial charge in [0.25, 0.3) is 0 Å². The molecule has 2 heterocycles. The maximum Gasteiger partial charge on any atom is 0.124 e. The van der Waals surface area contributed by atoms with Crippen molar-refractivity contribution in [2.75, 3.05) is 45.9 Å². The van der Waals surface area contributed by atoms with Crippen molar-refractivity contribution >= 4 is 10.8 Å². The second-order valence-electron chi connectivity index (χ2n) is 7.74. The maximum absolute atomic E-state index is 8.79. The first-order chi connectivity index (χ1) is 13.8. The average Bonchev–Trinajstić information content (AvgIpc) is 3.26. The van der Waals surface area contributed by atoms with E-state index in [1.165, 1.54) is 16.3 Å². The van der Waals surface area contributed by atoms with E-state index in [0.717, 1.165) is 64.5 Å².